The van der Waals surface area contributed by atoms with Crippen LogP contribution in [0.5, 0.6) is 0 Å². The molecule has 78 valence electrons. The van der Waals surface area contributed by atoms with Gasteiger partial charge in [0.1, 0.15) is 0 Å². The Morgan fingerprint density at radius 2 is 2.57 bits per heavy atom. The molecule has 0 bridgehead atoms. The van der Waals surface area contributed by atoms with Crippen molar-refractivity contribution in [2.45, 2.75) is 25.9 Å². The van der Waals surface area contributed by atoms with Crippen LogP contribution in [-0.4, -0.2) is 34.2 Å². The molecule has 4 heteroatoms. The lowest BCUT2D eigenvalue weighted by atomic mass is 9.94. The Hall–Kier alpha value is -0.870. The summed E-state index contributed by atoms with van der Waals surface area (Å²) >= 11 is 0. The van der Waals surface area contributed by atoms with Gasteiger partial charge < -0.3 is 5.73 Å². The Morgan fingerprint density at radius 3 is 3.21 bits per heavy atom. The summed E-state index contributed by atoms with van der Waals surface area (Å²) in [5, 5.41) is 6.77. The first-order valence-corrected chi connectivity index (χ1v) is 5.21. The molecule has 0 aliphatic carbocycles. The van der Waals surface area contributed by atoms with E-state index in [1.807, 2.05) is 12.4 Å². The fraction of sp³-hybridized carbons (Fsp3) is 0.700. The van der Waals surface area contributed by atoms with E-state index in [4.69, 9.17) is 5.73 Å². The third-order valence-electron chi connectivity index (χ3n) is 3.06. The van der Waals surface area contributed by atoms with Crippen LogP contribution in [0.2, 0.25) is 0 Å². The molecule has 0 amide bonds. The summed E-state index contributed by atoms with van der Waals surface area (Å²) in [7, 11) is 0. The smallest absolute Gasteiger partial charge is 0.0532 e. The molecule has 0 saturated carbocycles. The molecule has 1 aliphatic rings. The zero-order valence-electron chi connectivity index (χ0n) is 8.61. The van der Waals surface area contributed by atoms with Gasteiger partial charge in [-0.05, 0) is 18.9 Å². The average Bonchev–Trinajstić information content (AvgIpc) is 2.64. The number of aromatic amines is 1. The monoisotopic (exact) mass is 194 g/mol. The van der Waals surface area contributed by atoms with Gasteiger partial charge >= 0.3 is 0 Å². The molecule has 1 fully saturated rings. The van der Waals surface area contributed by atoms with Crippen molar-refractivity contribution in [1.82, 2.24) is 15.1 Å². The van der Waals surface area contributed by atoms with E-state index >= 15 is 0 Å². The number of piperidine rings is 1. The quantitative estimate of drug-likeness (QED) is 0.724. The number of nitrogens with zero attached hydrogens (tertiary/aromatic N) is 2. The first kappa shape index (κ1) is 9.68. The average molecular weight is 194 g/mol. The van der Waals surface area contributed by atoms with Crippen LogP contribution in [0.3, 0.4) is 0 Å². The highest BCUT2D eigenvalue weighted by atomic mass is 15.2. The number of nitrogens with one attached hydrogen (secondary N) is 1. The van der Waals surface area contributed by atoms with Crippen LogP contribution < -0.4 is 5.73 Å². The minimum atomic E-state index is 0.329. The van der Waals surface area contributed by atoms with Gasteiger partial charge in [-0.3, -0.25) is 10.00 Å². The first-order valence-electron chi connectivity index (χ1n) is 5.21. The summed E-state index contributed by atoms with van der Waals surface area (Å²) in [4.78, 5) is 2.40. The minimum Gasteiger partial charge on any atom is -0.326 e. The SMILES string of the molecule is CC1CCN(Cc2cn[nH]c2)CC1N. The summed E-state index contributed by atoms with van der Waals surface area (Å²) in [5.41, 5.74) is 7.27. The van der Waals surface area contributed by atoms with E-state index in [0.717, 1.165) is 19.6 Å². The fourth-order valence-corrected chi connectivity index (χ4v) is 1.94. The van der Waals surface area contributed by atoms with Gasteiger partial charge in [0.05, 0.1) is 6.20 Å². The first-order chi connectivity index (χ1) is 6.75. The summed E-state index contributed by atoms with van der Waals surface area (Å²) < 4.78 is 0. The normalized spacial score (nSPS) is 29.3. The molecular weight excluding hydrogens is 176 g/mol. The summed E-state index contributed by atoms with van der Waals surface area (Å²) in [6.07, 6.45) is 5.03. The molecule has 14 heavy (non-hydrogen) atoms. The van der Waals surface area contributed by atoms with Crippen molar-refractivity contribution in [3.05, 3.63) is 18.0 Å². The van der Waals surface area contributed by atoms with Gasteiger partial charge in [-0.25, -0.2) is 0 Å². The van der Waals surface area contributed by atoms with Crippen molar-refractivity contribution >= 4 is 0 Å². The fourth-order valence-electron chi connectivity index (χ4n) is 1.94. The van der Waals surface area contributed by atoms with Crippen LogP contribution in [0, 0.1) is 5.92 Å². The predicted octanol–water partition coefficient (Wildman–Crippen LogP) is 0.579. The maximum Gasteiger partial charge on any atom is 0.0532 e. The maximum atomic E-state index is 6.03. The van der Waals surface area contributed by atoms with Crippen LogP contribution in [-0.2, 0) is 6.54 Å². The van der Waals surface area contributed by atoms with Crippen molar-refractivity contribution in [3.8, 4) is 0 Å². The van der Waals surface area contributed by atoms with E-state index in [-0.39, 0.29) is 0 Å². The van der Waals surface area contributed by atoms with Gasteiger partial charge in [0.2, 0.25) is 0 Å². The predicted molar refractivity (Wildman–Crippen MR) is 55.6 cm³/mol. The molecule has 2 unspecified atom stereocenters. The van der Waals surface area contributed by atoms with Gasteiger partial charge in [-0.15, -0.1) is 0 Å². The standard InChI is InChI=1S/C10H18N4/c1-8-2-3-14(7-10(8)11)6-9-4-12-13-5-9/h4-5,8,10H,2-3,6-7,11H2,1H3,(H,12,13). The topological polar surface area (TPSA) is 57.9 Å². The molecule has 1 saturated heterocycles. The van der Waals surface area contributed by atoms with E-state index < -0.39 is 0 Å². The minimum absolute atomic E-state index is 0.329. The number of hydrogen-bond donors (Lipinski definition) is 2. The highest BCUT2D eigenvalue weighted by Crippen LogP contribution is 2.16. The van der Waals surface area contributed by atoms with Gasteiger partial charge in [0.15, 0.2) is 0 Å². The highest BCUT2D eigenvalue weighted by molar-refractivity contribution is 5.02. The third-order valence-corrected chi connectivity index (χ3v) is 3.06. The van der Waals surface area contributed by atoms with Crippen LogP contribution in [0.1, 0.15) is 18.9 Å². The lowest BCUT2D eigenvalue weighted by molar-refractivity contribution is 0.162. The lowest BCUT2D eigenvalue weighted by Gasteiger charge is -2.34. The van der Waals surface area contributed by atoms with Gasteiger partial charge in [-0.2, -0.15) is 5.10 Å². The molecule has 2 atom stereocenters. The molecule has 2 heterocycles. The molecule has 1 aromatic heterocycles. The molecule has 1 aromatic rings. The number of likely N-dealkylation sites (tertiary alicyclic amines) is 1. The van der Waals surface area contributed by atoms with Crippen molar-refractivity contribution in [1.29, 1.82) is 0 Å². The maximum absolute atomic E-state index is 6.03. The summed E-state index contributed by atoms with van der Waals surface area (Å²) in [6.45, 7) is 5.36. The Bertz CT molecular complexity index is 270. The number of rotatable bonds is 2. The summed E-state index contributed by atoms with van der Waals surface area (Å²) in [5.74, 6) is 0.663. The zero-order valence-corrected chi connectivity index (χ0v) is 8.61. The molecule has 4 nitrogen and oxygen atoms in total. The second kappa shape index (κ2) is 4.11. The van der Waals surface area contributed by atoms with Crippen LogP contribution in [0.25, 0.3) is 0 Å². The molecular formula is C10H18N4. The molecule has 3 N–H and O–H groups in total. The van der Waals surface area contributed by atoms with Crippen molar-refractivity contribution in [3.63, 3.8) is 0 Å². The van der Waals surface area contributed by atoms with Gasteiger partial charge in [0.25, 0.3) is 0 Å². The lowest BCUT2D eigenvalue weighted by Crippen LogP contribution is -2.47. The van der Waals surface area contributed by atoms with E-state index in [0.29, 0.717) is 12.0 Å². The second-order valence-electron chi connectivity index (χ2n) is 4.27. The Labute approximate surface area is 84.5 Å². The highest BCUT2D eigenvalue weighted by Gasteiger charge is 2.22. The zero-order chi connectivity index (χ0) is 9.97. The Balaban J connectivity index is 1.88. The van der Waals surface area contributed by atoms with E-state index in [1.54, 1.807) is 0 Å². The molecule has 1 aliphatic heterocycles. The summed E-state index contributed by atoms with van der Waals surface area (Å²) in [6, 6.07) is 0.329. The van der Waals surface area contributed by atoms with Crippen molar-refractivity contribution < 1.29 is 0 Å². The Kier molecular flexibility index (Phi) is 2.84. The number of nitrogens with two attached hydrogens (primary N) is 1. The molecule has 0 spiro atoms. The number of H-pyrrole nitrogens is 1. The molecule has 0 aromatic carbocycles. The van der Waals surface area contributed by atoms with Crippen molar-refractivity contribution in [2.75, 3.05) is 13.1 Å². The molecule has 0 radical (unpaired) electrons. The molecule has 2 rings (SSSR count). The van der Waals surface area contributed by atoms with Crippen molar-refractivity contribution in [2.24, 2.45) is 11.7 Å². The van der Waals surface area contributed by atoms with Crippen LogP contribution >= 0.6 is 0 Å². The largest absolute Gasteiger partial charge is 0.326 e. The van der Waals surface area contributed by atoms with E-state index in [2.05, 4.69) is 22.0 Å². The van der Waals surface area contributed by atoms with Crippen LogP contribution in [0.4, 0.5) is 0 Å². The van der Waals surface area contributed by atoms with Crippen LogP contribution in [0.15, 0.2) is 12.4 Å². The Morgan fingerprint density at radius 1 is 1.71 bits per heavy atom. The second-order valence-corrected chi connectivity index (χ2v) is 4.27. The van der Waals surface area contributed by atoms with Gasteiger partial charge in [0, 0.05) is 30.9 Å². The number of aromatic nitrogens is 2. The number of hydrogen-bond acceptors (Lipinski definition) is 3. The van der Waals surface area contributed by atoms with E-state index in [9.17, 15) is 0 Å². The third kappa shape index (κ3) is 2.13. The van der Waals surface area contributed by atoms with Gasteiger partial charge in [-0.1, -0.05) is 6.92 Å². The van der Waals surface area contributed by atoms with E-state index in [1.165, 1.54) is 12.0 Å².